The third-order valence-electron chi connectivity index (χ3n) is 3.35. The first-order chi connectivity index (χ1) is 9.11. The number of nitrogens with zero attached hydrogens (tertiary/aromatic N) is 3. The number of anilines is 1. The Kier molecular flexibility index (Phi) is 4.76. The number of nitrogens with one attached hydrogen (secondary N) is 1. The maximum absolute atomic E-state index is 5.79. The van der Waals surface area contributed by atoms with Crippen LogP contribution in [0.1, 0.15) is 46.0 Å². The average Bonchev–Trinajstić information content (AvgIpc) is 2.88. The SMILES string of the molecule is CCCNC(C)c1nnc(N2CC(C)OCC2C)o1. The molecule has 2 heterocycles. The van der Waals surface area contributed by atoms with E-state index in [9.17, 15) is 0 Å². The minimum absolute atomic E-state index is 0.0926. The molecule has 1 aliphatic rings. The fourth-order valence-corrected chi connectivity index (χ4v) is 2.14. The van der Waals surface area contributed by atoms with Crippen LogP contribution in [0.15, 0.2) is 4.42 Å². The number of hydrogen-bond donors (Lipinski definition) is 1. The summed E-state index contributed by atoms with van der Waals surface area (Å²) in [7, 11) is 0. The largest absolute Gasteiger partial charge is 0.406 e. The highest BCUT2D eigenvalue weighted by Crippen LogP contribution is 2.22. The molecule has 1 aromatic heterocycles. The molecular formula is C13H24N4O2. The molecule has 1 N–H and O–H groups in total. The van der Waals surface area contributed by atoms with Gasteiger partial charge in [-0.05, 0) is 33.7 Å². The van der Waals surface area contributed by atoms with E-state index in [1.807, 2.05) is 6.92 Å². The van der Waals surface area contributed by atoms with Crippen LogP contribution >= 0.6 is 0 Å². The molecule has 0 saturated carbocycles. The van der Waals surface area contributed by atoms with Gasteiger partial charge in [0, 0.05) is 6.54 Å². The van der Waals surface area contributed by atoms with Gasteiger partial charge in [0.05, 0.1) is 24.8 Å². The second-order valence-electron chi connectivity index (χ2n) is 5.24. The smallest absolute Gasteiger partial charge is 0.318 e. The molecule has 1 aliphatic heterocycles. The first kappa shape index (κ1) is 14.3. The summed E-state index contributed by atoms with van der Waals surface area (Å²) in [6, 6.07) is 0.959. The molecule has 0 aromatic carbocycles. The van der Waals surface area contributed by atoms with Gasteiger partial charge in [0.25, 0.3) is 0 Å². The summed E-state index contributed by atoms with van der Waals surface area (Å²) in [4.78, 5) is 2.12. The number of rotatable bonds is 5. The van der Waals surface area contributed by atoms with Crippen LogP contribution in [0.2, 0.25) is 0 Å². The predicted molar refractivity (Wildman–Crippen MR) is 73.2 cm³/mol. The van der Waals surface area contributed by atoms with Crippen molar-refractivity contribution in [1.82, 2.24) is 15.5 Å². The van der Waals surface area contributed by atoms with Crippen LogP contribution in [0.25, 0.3) is 0 Å². The minimum Gasteiger partial charge on any atom is -0.406 e. The Morgan fingerprint density at radius 1 is 1.42 bits per heavy atom. The summed E-state index contributed by atoms with van der Waals surface area (Å²) in [6.45, 7) is 10.8. The highest BCUT2D eigenvalue weighted by molar-refractivity contribution is 5.27. The molecule has 1 aromatic rings. The fraction of sp³-hybridized carbons (Fsp3) is 0.846. The van der Waals surface area contributed by atoms with E-state index < -0.39 is 0 Å². The molecule has 0 aliphatic carbocycles. The van der Waals surface area contributed by atoms with Crippen molar-refractivity contribution in [3.8, 4) is 0 Å². The summed E-state index contributed by atoms with van der Waals surface area (Å²) in [5.41, 5.74) is 0. The van der Waals surface area contributed by atoms with Gasteiger partial charge in [-0.1, -0.05) is 12.0 Å². The van der Waals surface area contributed by atoms with Gasteiger partial charge in [0.15, 0.2) is 0 Å². The highest BCUT2D eigenvalue weighted by atomic mass is 16.5. The molecule has 0 amide bonds. The Balaban J connectivity index is 2.03. The molecule has 6 nitrogen and oxygen atoms in total. The van der Waals surface area contributed by atoms with Crippen molar-refractivity contribution in [2.24, 2.45) is 0 Å². The van der Waals surface area contributed by atoms with Crippen molar-refractivity contribution >= 4 is 6.01 Å². The molecule has 1 fully saturated rings. The third kappa shape index (κ3) is 3.45. The third-order valence-corrected chi connectivity index (χ3v) is 3.35. The highest BCUT2D eigenvalue weighted by Gasteiger charge is 2.28. The second kappa shape index (κ2) is 6.34. The van der Waals surface area contributed by atoms with Crippen LogP contribution in [0, 0.1) is 0 Å². The summed E-state index contributed by atoms with van der Waals surface area (Å²) in [6.07, 6.45) is 1.28. The molecular weight excluding hydrogens is 244 g/mol. The zero-order chi connectivity index (χ0) is 13.8. The topological polar surface area (TPSA) is 63.4 Å². The number of aromatic nitrogens is 2. The Morgan fingerprint density at radius 2 is 2.21 bits per heavy atom. The normalized spacial score (nSPS) is 25.6. The van der Waals surface area contributed by atoms with Crippen molar-refractivity contribution in [3.05, 3.63) is 5.89 Å². The van der Waals surface area contributed by atoms with Gasteiger partial charge in [0.2, 0.25) is 5.89 Å². The lowest BCUT2D eigenvalue weighted by Gasteiger charge is -2.35. The van der Waals surface area contributed by atoms with E-state index in [0.717, 1.165) is 19.5 Å². The molecule has 1 saturated heterocycles. The van der Waals surface area contributed by atoms with Crippen LogP contribution in [-0.2, 0) is 4.74 Å². The molecule has 3 unspecified atom stereocenters. The van der Waals surface area contributed by atoms with Crippen LogP contribution < -0.4 is 10.2 Å². The van der Waals surface area contributed by atoms with Gasteiger partial charge >= 0.3 is 6.01 Å². The summed E-state index contributed by atoms with van der Waals surface area (Å²) in [5, 5.41) is 11.7. The van der Waals surface area contributed by atoms with Crippen molar-refractivity contribution < 1.29 is 9.15 Å². The van der Waals surface area contributed by atoms with Gasteiger partial charge < -0.3 is 19.4 Å². The Labute approximate surface area is 114 Å². The van der Waals surface area contributed by atoms with E-state index in [2.05, 4.69) is 41.2 Å². The van der Waals surface area contributed by atoms with E-state index in [1.165, 1.54) is 0 Å². The Bertz CT molecular complexity index is 396. The number of hydrogen-bond acceptors (Lipinski definition) is 6. The number of ether oxygens (including phenoxy) is 1. The van der Waals surface area contributed by atoms with Crippen molar-refractivity contribution in [1.29, 1.82) is 0 Å². The standard InChI is InChI=1S/C13H24N4O2/c1-5-6-14-11(4)12-15-16-13(19-12)17-7-10(3)18-8-9(17)2/h9-11,14H,5-8H2,1-4H3. The van der Waals surface area contributed by atoms with Crippen LogP contribution in [0.5, 0.6) is 0 Å². The number of morpholine rings is 1. The summed E-state index contributed by atoms with van der Waals surface area (Å²) >= 11 is 0. The summed E-state index contributed by atoms with van der Waals surface area (Å²) < 4.78 is 11.4. The Hall–Kier alpha value is -1.14. The maximum Gasteiger partial charge on any atom is 0.318 e. The van der Waals surface area contributed by atoms with Crippen LogP contribution in [0.4, 0.5) is 6.01 Å². The quantitative estimate of drug-likeness (QED) is 0.877. The first-order valence-electron chi connectivity index (χ1n) is 7.06. The van der Waals surface area contributed by atoms with Gasteiger partial charge in [-0.3, -0.25) is 0 Å². The van der Waals surface area contributed by atoms with Crippen molar-refractivity contribution in [2.45, 2.75) is 52.3 Å². The second-order valence-corrected chi connectivity index (χ2v) is 5.24. The molecule has 2 rings (SSSR count). The molecule has 0 spiro atoms. The Morgan fingerprint density at radius 3 is 2.95 bits per heavy atom. The minimum atomic E-state index is 0.0926. The predicted octanol–water partition coefficient (Wildman–Crippen LogP) is 1.74. The molecule has 0 radical (unpaired) electrons. The lowest BCUT2D eigenvalue weighted by atomic mass is 10.2. The fourth-order valence-electron chi connectivity index (χ4n) is 2.14. The lowest BCUT2D eigenvalue weighted by molar-refractivity contribution is 0.0321. The zero-order valence-corrected chi connectivity index (χ0v) is 12.2. The van der Waals surface area contributed by atoms with Crippen molar-refractivity contribution in [2.75, 3.05) is 24.6 Å². The lowest BCUT2D eigenvalue weighted by Crippen LogP contribution is -2.47. The molecule has 19 heavy (non-hydrogen) atoms. The van der Waals surface area contributed by atoms with Gasteiger partial charge in [-0.2, -0.15) is 0 Å². The molecule has 6 heteroatoms. The van der Waals surface area contributed by atoms with Gasteiger partial charge in [-0.25, -0.2) is 0 Å². The first-order valence-corrected chi connectivity index (χ1v) is 7.06. The zero-order valence-electron chi connectivity index (χ0n) is 12.2. The van der Waals surface area contributed by atoms with E-state index >= 15 is 0 Å². The maximum atomic E-state index is 5.79. The average molecular weight is 268 g/mol. The molecule has 0 bridgehead atoms. The van der Waals surface area contributed by atoms with E-state index in [0.29, 0.717) is 18.5 Å². The van der Waals surface area contributed by atoms with E-state index in [4.69, 9.17) is 9.15 Å². The van der Waals surface area contributed by atoms with Gasteiger partial charge in [-0.15, -0.1) is 5.10 Å². The van der Waals surface area contributed by atoms with E-state index in [1.54, 1.807) is 0 Å². The van der Waals surface area contributed by atoms with E-state index in [-0.39, 0.29) is 18.2 Å². The summed E-state index contributed by atoms with van der Waals surface area (Å²) in [5.74, 6) is 0.648. The van der Waals surface area contributed by atoms with Crippen molar-refractivity contribution in [3.63, 3.8) is 0 Å². The van der Waals surface area contributed by atoms with Crippen LogP contribution in [-0.4, -0.2) is 42.0 Å². The molecule has 3 atom stereocenters. The van der Waals surface area contributed by atoms with Crippen LogP contribution in [0.3, 0.4) is 0 Å². The van der Waals surface area contributed by atoms with Gasteiger partial charge in [0.1, 0.15) is 0 Å². The monoisotopic (exact) mass is 268 g/mol. The molecule has 108 valence electrons.